The average molecular weight is 426 g/mol. The topological polar surface area (TPSA) is 112 Å². The summed E-state index contributed by atoms with van der Waals surface area (Å²) in [7, 11) is 4.30. The summed E-state index contributed by atoms with van der Waals surface area (Å²) in [5, 5.41) is 16.1. The van der Waals surface area contributed by atoms with Gasteiger partial charge in [-0.2, -0.15) is 0 Å². The number of amides is 1. The molecule has 0 aliphatic heterocycles. The highest BCUT2D eigenvalue weighted by Gasteiger charge is 2.18. The van der Waals surface area contributed by atoms with Crippen LogP contribution >= 0.6 is 23.8 Å². The number of hydrogen-bond donors (Lipinski definition) is 2. The second-order valence-electron chi connectivity index (χ2n) is 5.24. The molecule has 0 heterocycles. The van der Waals surface area contributed by atoms with Gasteiger partial charge in [0, 0.05) is 17.7 Å². The zero-order chi connectivity index (χ0) is 20.8. The molecule has 0 saturated carbocycles. The van der Waals surface area contributed by atoms with Crippen molar-refractivity contribution in [3.63, 3.8) is 0 Å². The first-order valence-corrected chi connectivity index (χ1v) is 8.45. The molecule has 2 rings (SSSR count). The Morgan fingerprint density at radius 3 is 2.21 bits per heavy atom. The van der Waals surface area contributed by atoms with Gasteiger partial charge in [0.05, 0.1) is 37.0 Å². The molecular formula is C17H16ClN3O6S. The number of nitrogens with zero attached hydrogens (tertiary/aromatic N) is 1. The number of carbonyl (C=O) groups is 1. The van der Waals surface area contributed by atoms with E-state index >= 15 is 0 Å². The molecule has 9 nitrogen and oxygen atoms in total. The van der Waals surface area contributed by atoms with Crippen molar-refractivity contribution in [2.45, 2.75) is 0 Å². The zero-order valence-corrected chi connectivity index (χ0v) is 16.6. The van der Waals surface area contributed by atoms with Gasteiger partial charge in [0.15, 0.2) is 16.6 Å². The van der Waals surface area contributed by atoms with Crippen molar-refractivity contribution in [2.75, 3.05) is 26.6 Å². The van der Waals surface area contributed by atoms with Crippen LogP contribution in [-0.4, -0.2) is 37.3 Å². The molecule has 0 atom stereocenters. The van der Waals surface area contributed by atoms with Crippen molar-refractivity contribution in [3.05, 3.63) is 51.0 Å². The molecule has 2 aromatic rings. The largest absolute Gasteiger partial charge is 0.493 e. The number of ether oxygens (including phenoxy) is 3. The molecular weight excluding hydrogens is 410 g/mol. The third kappa shape index (κ3) is 4.78. The molecule has 0 aromatic heterocycles. The number of benzene rings is 2. The van der Waals surface area contributed by atoms with E-state index in [1.807, 2.05) is 0 Å². The summed E-state index contributed by atoms with van der Waals surface area (Å²) < 4.78 is 15.6. The third-order valence-corrected chi connectivity index (χ3v) is 4.10. The zero-order valence-electron chi connectivity index (χ0n) is 15.1. The lowest BCUT2D eigenvalue weighted by molar-refractivity contribution is -0.384. The first-order valence-electron chi connectivity index (χ1n) is 7.67. The van der Waals surface area contributed by atoms with Gasteiger partial charge in [-0.1, -0.05) is 11.6 Å². The molecule has 2 N–H and O–H groups in total. The minimum absolute atomic E-state index is 0.0962. The Morgan fingerprint density at radius 2 is 1.71 bits per heavy atom. The van der Waals surface area contributed by atoms with E-state index in [0.717, 1.165) is 0 Å². The van der Waals surface area contributed by atoms with Crippen LogP contribution in [0.4, 0.5) is 11.4 Å². The summed E-state index contributed by atoms with van der Waals surface area (Å²) >= 11 is 11.1. The molecule has 148 valence electrons. The number of thiocarbonyl (C=S) groups is 1. The monoisotopic (exact) mass is 425 g/mol. The molecule has 0 bridgehead atoms. The van der Waals surface area contributed by atoms with Crippen molar-refractivity contribution < 1.29 is 23.9 Å². The van der Waals surface area contributed by atoms with Gasteiger partial charge in [0.25, 0.3) is 11.6 Å². The fraction of sp³-hybridized carbons (Fsp3) is 0.176. The molecule has 0 saturated heterocycles. The third-order valence-electron chi connectivity index (χ3n) is 3.56. The van der Waals surface area contributed by atoms with Crippen LogP contribution in [0.25, 0.3) is 0 Å². The number of anilines is 1. The fourth-order valence-corrected chi connectivity index (χ4v) is 2.63. The quantitative estimate of drug-likeness (QED) is 0.411. The van der Waals surface area contributed by atoms with Crippen LogP contribution in [0, 0.1) is 10.1 Å². The van der Waals surface area contributed by atoms with Gasteiger partial charge in [-0.15, -0.1) is 0 Å². The number of halogens is 1. The Bertz CT molecular complexity index is 912. The Hall–Kier alpha value is -3.11. The van der Waals surface area contributed by atoms with Crippen LogP contribution < -0.4 is 24.8 Å². The van der Waals surface area contributed by atoms with Crippen molar-refractivity contribution in [1.82, 2.24) is 5.32 Å². The van der Waals surface area contributed by atoms with Crippen LogP contribution in [-0.2, 0) is 0 Å². The summed E-state index contributed by atoms with van der Waals surface area (Å²) in [5.74, 6) is 0.379. The number of hydrogen-bond acceptors (Lipinski definition) is 7. The number of methoxy groups -OCH3 is 3. The number of carbonyl (C=O) groups excluding carboxylic acids is 1. The van der Waals surface area contributed by atoms with Crippen molar-refractivity contribution in [2.24, 2.45) is 0 Å². The lowest BCUT2D eigenvalue weighted by atomic mass is 10.1. The van der Waals surface area contributed by atoms with E-state index in [9.17, 15) is 14.9 Å². The molecule has 1 amide bonds. The van der Waals surface area contributed by atoms with E-state index < -0.39 is 10.8 Å². The van der Waals surface area contributed by atoms with E-state index in [1.165, 1.54) is 51.7 Å². The van der Waals surface area contributed by atoms with E-state index in [1.54, 1.807) is 0 Å². The lowest BCUT2D eigenvalue weighted by Gasteiger charge is -2.15. The highest BCUT2D eigenvalue weighted by molar-refractivity contribution is 7.80. The predicted octanol–water partition coefficient (Wildman–Crippen LogP) is 3.40. The number of nitro benzene ring substituents is 1. The van der Waals surface area contributed by atoms with E-state index in [2.05, 4.69) is 10.6 Å². The maximum Gasteiger partial charge on any atom is 0.271 e. The van der Waals surface area contributed by atoms with Crippen LogP contribution in [0.3, 0.4) is 0 Å². The molecule has 0 fully saturated rings. The first kappa shape index (κ1) is 21.2. The normalized spacial score (nSPS) is 10.0. The summed E-state index contributed by atoms with van der Waals surface area (Å²) in [4.78, 5) is 22.8. The average Bonchev–Trinajstić information content (AvgIpc) is 2.67. The highest BCUT2D eigenvalue weighted by atomic mass is 35.5. The summed E-state index contributed by atoms with van der Waals surface area (Å²) in [6.45, 7) is 0. The Balaban J connectivity index is 2.20. The van der Waals surface area contributed by atoms with Gasteiger partial charge >= 0.3 is 0 Å². The highest BCUT2D eigenvalue weighted by Crippen LogP contribution is 2.38. The fourth-order valence-electron chi connectivity index (χ4n) is 2.26. The molecule has 28 heavy (non-hydrogen) atoms. The molecule has 0 unspecified atom stereocenters. The van der Waals surface area contributed by atoms with Gasteiger partial charge in [-0.05, 0) is 30.4 Å². The van der Waals surface area contributed by atoms with Crippen molar-refractivity contribution in [1.29, 1.82) is 0 Å². The number of nitro groups is 1. The minimum atomic E-state index is -0.570. The molecule has 0 aliphatic rings. The minimum Gasteiger partial charge on any atom is -0.493 e. The number of rotatable bonds is 6. The predicted molar refractivity (Wildman–Crippen MR) is 108 cm³/mol. The molecule has 2 aromatic carbocycles. The van der Waals surface area contributed by atoms with Crippen molar-refractivity contribution in [3.8, 4) is 17.2 Å². The SMILES string of the molecule is COc1cc(C(=O)NC(=S)Nc2cc([N+](=O)[O-])ccc2Cl)cc(OC)c1OC. The van der Waals surface area contributed by atoms with Gasteiger partial charge in [0.2, 0.25) is 5.75 Å². The van der Waals surface area contributed by atoms with Crippen LogP contribution in [0.5, 0.6) is 17.2 Å². The van der Waals surface area contributed by atoms with Gasteiger partial charge in [0.1, 0.15) is 0 Å². The maximum absolute atomic E-state index is 12.5. The summed E-state index contributed by atoms with van der Waals surface area (Å²) in [5.41, 5.74) is 0.209. The maximum atomic E-state index is 12.5. The molecule has 0 spiro atoms. The second-order valence-corrected chi connectivity index (χ2v) is 6.06. The number of non-ortho nitro benzene ring substituents is 1. The number of nitrogens with one attached hydrogen (secondary N) is 2. The molecule has 0 radical (unpaired) electrons. The Kier molecular flexibility index (Phi) is 6.96. The Morgan fingerprint density at radius 1 is 1.11 bits per heavy atom. The molecule has 0 aliphatic carbocycles. The summed E-state index contributed by atoms with van der Waals surface area (Å²) in [6, 6.07) is 6.73. The van der Waals surface area contributed by atoms with E-state index in [0.29, 0.717) is 17.2 Å². The van der Waals surface area contributed by atoms with Crippen molar-refractivity contribution >= 4 is 46.2 Å². The van der Waals surface area contributed by atoms with E-state index in [4.69, 9.17) is 38.0 Å². The second kappa shape index (κ2) is 9.20. The first-order chi connectivity index (χ1) is 13.3. The van der Waals surface area contributed by atoms with Gasteiger partial charge in [-0.3, -0.25) is 20.2 Å². The lowest BCUT2D eigenvalue weighted by Crippen LogP contribution is -2.34. The van der Waals surface area contributed by atoms with E-state index in [-0.39, 0.29) is 27.1 Å². The van der Waals surface area contributed by atoms with Gasteiger partial charge in [-0.25, -0.2) is 0 Å². The summed E-state index contributed by atoms with van der Waals surface area (Å²) in [6.07, 6.45) is 0. The van der Waals surface area contributed by atoms with Crippen LogP contribution in [0.2, 0.25) is 5.02 Å². The molecule has 11 heteroatoms. The van der Waals surface area contributed by atoms with Crippen LogP contribution in [0.15, 0.2) is 30.3 Å². The van der Waals surface area contributed by atoms with Gasteiger partial charge < -0.3 is 19.5 Å². The Labute approximate surface area is 170 Å². The van der Waals surface area contributed by atoms with Crippen LogP contribution in [0.1, 0.15) is 10.4 Å². The standard InChI is InChI=1S/C17H16ClN3O6S/c1-25-13-6-9(7-14(26-2)15(13)27-3)16(22)20-17(28)19-12-8-10(21(23)24)4-5-11(12)18/h4-8H,1-3H3,(H2,19,20,22,28). The smallest absolute Gasteiger partial charge is 0.271 e.